The molecule has 3 atom stereocenters. The van der Waals surface area contributed by atoms with Crippen LogP contribution in [0.3, 0.4) is 0 Å². The molecule has 4 fully saturated rings. The summed E-state index contributed by atoms with van der Waals surface area (Å²) in [6, 6.07) is 1.62. The van der Waals surface area contributed by atoms with Gasteiger partial charge in [-0.3, -0.25) is 4.79 Å². The van der Waals surface area contributed by atoms with E-state index in [2.05, 4.69) is 24.1 Å². The van der Waals surface area contributed by atoms with E-state index in [-0.39, 0.29) is 46.4 Å². The maximum Gasteiger partial charge on any atom is 0.407 e. The van der Waals surface area contributed by atoms with Gasteiger partial charge in [0.05, 0.1) is 23.3 Å². The normalized spacial score (nSPS) is 31.0. The zero-order chi connectivity index (χ0) is 30.0. The summed E-state index contributed by atoms with van der Waals surface area (Å²) in [4.78, 5) is 41.9. The number of carboxylic acids is 1. The molecule has 2 heterocycles. The lowest BCUT2D eigenvalue weighted by molar-refractivity contribution is -0.124. The van der Waals surface area contributed by atoms with Crippen molar-refractivity contribution >= 4 is 35.0 Å². The fourth-order valence-corrected chi connectivity index (χ4v) is 7.93. The first kappa shape index (κ1) is 30.9. The zero-order valence-corrected chi connectivity index (χ0v) is 26.3. The number of alkyl carbamates (subject to hydrolysis) is 1. The maximum atomic E-state index is 14.1. The summed E-state index contributed by atoms with van der Waals surface area (Å²) < 4.78 is 11.6. The van der Waals surface area contributed by atoms with Crippen LogP contribution in [0.4, 0.5) is 10.5 Å². The van der Waals surface area contributed by atoms with E-state index < -0.39 is 12.1 Å². The number of hydrogen-bond donors (Lipinski definition) is 2. The number of thiophene rings is 1. The van der Waals surface area contributed by atoms with Gasteiger partial charge in [-0.25, -0.2) is 9.59 Å². The van der Waals surface area contributed by atoms with E-state index in [1.54, 1.807) is 11.0 Å². The van der Waals surface area contributed by atoms with Crippen molar-refractivity contribution in [2.45, 2.75) is 123 Å². The van der Waals surface area contributed by atoms with Crippen LogP contribution in [-0.2, 0) is 14.3 Å². The van der Waals surface area contributed by atoms with E-state index in [0.29, 0.717) is 54.7 Å². The molecule has 3 saturated carbocycles. The molecule has 1 aliphatic heterocycles. The largest absolute Gasteiger partial charge is 0.477 e. The van der Waals surface area contributed by atoms with Gasteiger partial charge < -0.3 is 24.8 Å². The predicted octanol–water partition coefficient (Wildman–Crippen LogP) is 6.61. The van der Waals surface area contributed by atoms with E-state index in [4.69, 9.17) is 9.47 Å². The number of anilines is 1. The summed E-state index contributed by atoms with van der Waals surface area (Å²) in [5.41, 5.74) is 0.246. The molecule has 8 nitrogen and oxygen atoms in total. The topological polar surface area (TPSA) is 105 Å². The second kappa shape index (κ2) is 13.0. The van der Waals surface area contributed by atoms with Crippen LogP contribution in [0.2, 0.25) is 0 Å². The molecule has 230 valence electrons. The van der Waals surface area contributed by atoms with Gasteiger partial charge in [-0.15, -0.1) is 11.3 Å². The van der Waals surface area contributed by atoms with Gasteiger partial charge in [-0.1, -0.05) is 25.2 Å². The monoisotopic (exact) mass is 598 g/mol. The minimum absolute atomic E-state index is 0.0284. The molecule has 0 radical (unpaired) electrons. The molecule has 2 amide bonds. The fourth-order valence-electron chi connectivity index (χ4n) is 7.09. The molecule has 5 rings (SSSR count). The second-order valence-electron chi connectivity index (χ2n) is 13.9. The lowest BCUT2D eigenvalue weighted by Crippen LogP contribution is -2.49. The van der Waals surface area contributed by atoms with Crippen LogP contribution >= 0.6 is 11.3 Å². The van der Waals surface area contributed by atoms with E-state index in [1.165, 1.54) is 0 Å². The summed E-state index contributed by atoms with van der Waals surface area (Å²) in [5, 5.41) is 13.2. The van der Waals surface area contributed by atoms with Gasteiger partial charge in [0.15, 0.2) is 0 Å². The first-order valence-electron chi connectivity index (χ1n) is 15.8. The quantitative estimate of drug-likeness (QED) is 0.357. The molecule has 42 heavy (non-hydrogen) atoms. The zero-order valence-electron chi connectivity index (χ0n) is 25.4. The van der Waals surface area contributed by atoms with Crippen molar-refractivity contribution in [3.63, 3.8) is 0 Å². The van der Waals surface area contributed by atoms with Gasteiger partial charge in [0, 0.05) is 29.3 Å². The van der Waals surface area contributed by atoms with Crippen LogP contribution < -0.4 is 10.2 Å². The maximum absolute atomic E-state index is 14.1. The van der Waals surface area contributed by atoms with Crippen molar-refractivity contribution in [3.8, 4) is 11.8 Å². The Morgan fingerprint density at radius 1 is 1.05 bits per heavy atom. The summed E-state index contributed by atoms with van der Waals surface area (Å²) >= 11 is 1.14. The van der Waals surface area contributed by atoms with Gasteiger partial charge in [-0.05, 0) is 97.0 Å². The van der Waals surface area contributed by atoms with E-state index >= 15 is 0 Å². The summed E-state index contributed by atoms with van der Waals surface area (Å²) in [6.07, 6.45) is 9.28. The number of fused-ring (bicyclic) bond motifs is 1. The lowest BCUT2D eigenvalue weighted by Gasteiger charge is -2.39. The SMILES string of the molecule is CC1CCC(C(=O)N(c2cc(C#CC(C)(C)C)sc2C(=O)O)C2CCC(NC(=O)O[C@H]3CO[C@H]4CCC[C@H]43)CC2)CC1. The summed E-state index contributed by atoms with van der Waals surface area (Å²) in [7, 11) is 0. The molecule has 0 unspecified atom stereocenters. The van der Waals surface area contributed by atoms with Crippen LogP contribution in [0.25, 0.3) is 0 Å². The molecular weight excluding hydrogens is 552 g/mol. The highest BCUT2D eigenvalue weighted by atomic mass is 32.1. The Bertz CT molecular complexity index is 1210. The van der Waals surface area contributed by atoms with Gasteiger partial charge in [0.1, 0.15) is 11.0 Å². The van der Waals surface area contributed by atoms with Crippen molar-refractivity contribution in [1.82, 2.24) is 5.32 Å². The molecular formula is C33H46N2O6S. The van der Waals surface area contributed by atoms with Gasteiger partial charge >= 0.3 is 12.1 Å². The number of amides is 2. The number of hydrogen-bond acceptors (Lipinski definition) is 6. The Kier molecular flexibility index (Phi) is 9.53. The molecule has 0 aromatic carbocycles. The Balaban J connectivity index is 1.30. The smallest absolute Gasteiger partial charge is 0.407 e. The van der Waals surface area contributed by atoms with Gasteiger partial charge in [0.25, 0.3) is 0 Å². The Labute approximate surface area is 253 Å². The molecule has 0 bridgehead atoms. The Morgan fingerprint density at radius 2 is 1.76 bits per heavy atom. The average molecular weight is 599 g/mol. The molecule has 1 aromatic heterocycles. The van der Waals surface area contributed by atoms with Crippen molar-refractivity contribution in [2.24, 2.45) is 23.2 Å². The standard InChI is InChI=1S/C33H46N2O6S/c1-20-8-10-21(11-9-20)30(36)35(26-18-24(16-17-33(2,3)4)42-29(26)31(37)38)23-14-12-22(13-15-23)34-32(39)41-28-19-40-27-7-5-6-25(27)28/h18,20-23,25,27-28H,5-15,19H2,1-4H3,(H,34,39)(H,37,38)/t20?,21?,22?,23?,25-,27+,28+/m1/s1. The van der Waals surface area contributed by atoms with Crippen molar-refractivity contribution < 1.29 is 29.0 Å². The minimum atomic E-state index is -1.03. The van der Waals surface area contributed by atoms with E-state index in [1.807, 2.05) is 20.8 Å². The molecule has 0 spiro atoms. The van der Waals surface area contributed by atoms with Crippen molar-refractivity contribution in [3.05, 3.63) is 15.8 Å². The number of carboxylic acid groups (broad SMARTS) is 1. The first-order chi connectivity index (χ1) is 20.0. The average Bonchev–Trinajstić information content (AvgIpc) is 3.66. The third kappa shape index (κ3) is 7.31. The third-order valence-electron chi connectivity index (χ3n) is 9.43. The molecule has 9 heteroatoms. The van der Waals surface area contributed by atoms with Crippen molar-refractivity contribution in [1.29, 1.82) is 0 Å². The van der Waals surface area contributed by atoms with E-state index in [9.17, 15) is 19.5 Å². The summed E-state index contributed by atoms with van der Waals surface area (Å²) in [5.74, 6) is 6.15. The van der Waals surface area contributed by atoms with Crippen LogP contribution in [0.15, 0.2) is 6.07 Å². The number of carbonyl (C=O) groups excluding carboxylic acids is 2. The Hall–Kier alpha value is -2.57. The number of ether oxygens (including phenoxy) is 2. The lowest BCUT2D eigenvalue weighted by atomic mass is 9.81. The predicted molar refractivity (Wildman–Crippen MR) is 163 cm³/mol. The third-order valence-corrected chi connectivity index (χ3v) is 10.5. The summed E-state index contributed by atoms with van der Waals surface area (Å²) in [6.45, 7) is 8.75. The highest BCUT2D eigenvalue weighted by molar-refractivity contribution is 7.15. The molecule has 4 aliphatic rings. The van der Waals surface area contributed by atoms with Crippen LogP contribution in [0.5, 0.6) is 0 Å². The molecule has 1 aromatic rings. The molecule has 2 N–H and O–H groups in total. The molecule has 1 saturated heterocycles. The minimum Gasteiger partial charge on any atom is -0.477 e. The fraction of sp³-hybridized carbons (Fsp3) is 0.727. The highest BCUT2D eigenvalue weighted by Gasteiger charge is 2.43. The number of aromatic carboxylic acids is 1. The first-order valence-corrected chi connectivity index (χ1v) is 16.6. The highest BCUT2D eigenvalue weighted by Crippen LogP contribution is 2.40. The number of nitrogens with zero attached hydrogens (tertiary/aromatic N) is 1. The number of rotatable bonds is 6. The van der Waals surface area contributed by atoms with E-state index in [0.717, 1.165) is 56.3 Å². The second-order valence-corrected chi connectivity index (χ2v) is 14.9. The van der Waals surface area contributed by atoms with Crippen molar-refractivity contribution in [2.75, 3.05) is 11.5 Å². The number of nitrogens with one attached hydrogen (secondary N) is 1. The van der Waals surface area contributed by atoms with Crippen LogP contribution in [0, 0.1) is 35.0 Å². The Morgan fingerprint density at radius 3 is 2.43 bits per heavy atom. The van der Waals surface area contributed by atoms with Crippen LogP contribution in [-0.4, -0.2) is 54.0 Å². The van der Waals surface area contributed by atoms with Crippen LogP contribution in [0.1, 0.15) is 113 Å². The van der Waals surface area contributed by atoms with Gasteiger partial charge in [-0.2, -0.15) is 0 Å². The van der Waals surface area contributed by atoms with Gasteiger partial charge in [0.2, 0.25) is 5.91 Å². The number of carbonyl (C=O) groups is 3. The molecule has 3 aliphatic carbocycles.